The molecular weight excluding hydrogens is 376 g/mol. The van der Waals surface area contributed by atoms with Crippen LogP contribution in [0.5, 0.6) is 0 Å². The quantitative estimate of drug-likeness (QED) is 0.626. The highest BCUT2D eigenvalue weighted by Gasteiger charge is 2.10. The molecular formula is C12H9BrClF2NS2. The molecule has 0 aliphatic heterocycles. The van der Waals surface area contributed by atoms with Gasteiger partial charge in [-0.3, -0.25) is 0 Å². The van der Waals surface area contributed by atoms with E-state index in [1.54, 1.807) is 18.2 Å². The Hall–Kier alpha value is -0.300. The number of hydrogen-bond acceptors (Lipinski definition) is 3. The van der Waals surface area contributed by atoms with Crippen molar-refractivity contribution < 1.29 is 8.78 Å². The van der Waals surface area contributed by atoms with Gasteiger partial charge in [-0.15, -0.1) is 11.3 Å². The molecule has 1 N–H and O–H groups in total. The molecule has 1 aromatic heterocycles. The molecule has 19 heavy (non-hydrogen) atoms. The molecule has 0 saturated carbocycles. The van der Waals surface area contributed by atoms with Crippen molar-refractivity contribution in [2.45, 2.75) is 17.2 Å². The van der Waals surface area contributed by atoms with Crippen LogP contribution in [-0.4, -0.2) is 5.76 Å². The summed E-state index contributed by atoms with van der Waals surface area (Å²) >= 11 is 11.3. The largest absolute Gasteiger partial charge is 0.379 e. The smallest absolute Gasteiger partial charge is 0.288 e. The Kier molecular flexibility index (Phi) is 5.50. The van der Waals surface area contributed by atoms with Crippen molar-refractivity contribution in [3.8, 4) is 0 Å². The highest BCUT2D eigenvalue weighted by atomic mass is 79.9. The number of thioether (sulfide) groups is 1. The molecule has 2 aromatic rings. The lowest BCUT2D eigenvalue weighted by Gasteiger charge is -2.10. The molecule has 0 unspecified atom stereocenters. The summed E-state index contributed by atoms with van der Waals surface area (Å²) in [5.41, 5.74) is 0.702. The monoisotopic (exact) mass is 383 g/mol. The molecule has 1 heterocycles. The van der Waals surface area contributed by atoms with Gasteiger partial charge in [-0.25, -0.2) is 0 Å². The molecule has 0 fully saturated rings. The summed E-state index contributed by atoms with van der Waals surface area (Å²) in [5.74, 6) is -2.42. The Morgan fingerprint density at radius 3 is 2.74 bits per heavy atom. The van der Waals surface area contributed by atoms with E-state index >= 15 is 0 Å². The zero-order valence-electron chi connectivity index (χ0n) is 9.50. The first-order valence-electron chi connectivity index (χ1n) is 5.27. The Morgan fingerprint density at radius 1 is 1.37 bits per heavy atom. The van der Waals surface area contributed by atoms with Crippen LogP contribution in [0.2, 0.25) is 4.34 Å². The number of alkyl halides is 2. The van der Waals surface area contributed by atoms with Gasteiger partial charge in [0.05, 0.1) is 0 Å². The van der Waals surface area contributed by atoms with E-state index in [9.17, 15) is 8.78 Å². The van der Waals surface area contributed by atoms with Crippen LogP contribution in [0.1, 0.15) is 4.88 Å². The van der Waals surface area contributed by atoms with Crippen molar-refractivity contribution in [3.05, 3.63) is 44.0 Å². The Morgan fingerprint density at radius 2 is 2.11 bits per heavy atom. The van der Waals surface area contributed by atoms with Gasteiger partial charge in [0.2, 0.25) is 0 Å². The van der Waals surface area contributed by atoms with Crippen molar-refractivity contribution in [2.75, 3.05) is 5.32 Å². The number of hydrogen-bond donors (Lipinski definition) is 1. The normalized spacial score (nSPS) is 11.0. The predicted molar refractivity (Wildman–Crippen MR) is 82.7 cm³/mol. The lowest BCUT2D eigenvalue weighted by atomic mass is 10.3. The average molecular weight is 385 g/mol. The Bertz CT molecular complexity index is 543. The van der Waals surface area contributed by atoms with Crippen molar-refractivity contribution in [1.29, 1.82) is 0 Å². The van der Waals surface area contributed by atoms with Crippen LogP contribution in [0.25, 0.3) is 0 Å². The van der Waals surface area contributed by atoms with E-state index < -0.39 is 5.76 Å². The topological polar surface area (TPSA) is 12.0 Å². The summed E-state index contributed by atoms with van der Waals surface area (Å²) in [7, 11) is 0. The van der Waals surface area contributed by atoms with Crippen LogP contribution in [0.3, 0.4) is 0 Å². The average Bonchev–Trinajstić information content (AvgIpc) is 2.67. The van der Waals surface area contributed by atoms with Crippen LogP contribution in [0.15, 0.2) is 39.7 Å². The highest BCUT2D eigenvalue weighted by Crippen LogP contribution is 2.34. The van der Waals surface area contributed by atoms with Crippen molar-refractivity contribution >= 4 is 56.3 Å². The summed E-state index contributed by atoms with van der Waals surface area (Å²) in [4.78, 5) is 1.58. The molecule has 0 radical (unpaired) electrons. The molecule has 0 saturated heterocycles. The van der Waals surface area contributed by atoms with Gasteiger partial charge in [0.25, 0.3) is 5.76 Å². The van der Waals surface area contributed by atoms with Crippen LogP contribution in [0, 0.1) is 0 Å². The Labute approximate surface area is 131 Å². The van der Waals surface area contributed by atoms with E-state index in [0.29, 0.717) is 33.2 Å². The second kappa shape index (κ2) is 6.92. The summed E-state index contributed by atoms with van der Waals surface area (Å²) in [6.07, 6.45) is 0. The van der Waals surface area contributed by atoms with E-state index in [-0.39, 0.29) is 0 Å². The van der Waals surface area contributed by atoms with Gasteiger partial charge in [0.1, 0.15) is 4.34 Å². The fourth-order valence-electron chi connectivity index (χ4n) is 1.47. The summed E-state index contributed by atoms with van der Waals surface area (Å²) in [6.45, 7) is 0.552. The minimum Gasteiger partial charge on any atom is -0.379 e. The van der Waals surface area contributed by atoms with Crippen molar-refractivity contribution in [1.82, 2.24) is 0 Å². The number of anilines is 1. The lowest BCUT2D eigenvalue weighted by Crippen LogP contribution is -1.99. The zero-order valence-corrected chi connectivity index (χ0v) is 13.5. The second-order valence-electron chi connectivity index (χ2n) is 3.56. The molecule has 0 aliphatic carbocycles. The molecule has 7 heteroatoms. The SMILES string of the molecule is FC(F)Sc1ccccc1NCc1cc(Br)c(Cl)s1. The standard InChI is InChI=1S/C12H9BrClF2NS2/c13-8-5-7(18-11(8)14)6-17-9-3-1-2-4-10(9)19-12(15)16/h1-5,12,17H,6H2. The minimum atomic E-state index is -2.42. The number of rotatable bonds is 5. The van der Waals surface area contributed by atoms with E-state index in [0.717, 1.165) is 9.35 Å². The fourth-order valence-corrected chi connectivity index (χ4v) is 3.82. The van der Waals surface area contributed by atoms with Gasteiger partial charge in [-0.05, 0) is 34.1 Å². The maximum absolute atomic E-state index is 12.4. The molecule has 1 nitrogen and oxygen atoms in total. The predicted octanol–water partition coefficient (Wildman–Crippen LogP) is 6.09. The molecule has 0 amide bonds. The summed E-state index contributed by atoms with van der Waals surface area (Å²) < 4.78 is 26.4. The number of thiophene rings is 1. The summed E-state index contributed by atoms with van der Waals surface area (Å²) in [6, 6.07) is 8.94. The van der Waals surface area contributed by atoms with E-state index in [1.165, 1.54) is 11.3 Å². The van der Waals surface area contributed by atoms with E-state index in [2.05, 4.69) is 21.2 Å². The molecule has 0 atom stereocenters. The van der Waals surface area contributed by atoms with Gasteiger partial charge in [0.15, 0.2) is 0 Å². The highest BCUT2D eigenvalue weighted by molar-refractivity contribution is 9.10. The van der Waals surface area contributed by atoms with E-state index in [4.69, 9.17) is 11.6 Å². The number of para-hydroxylation sites is 1. The maximum atomic E-state index is 12.4. The second-order valence-corrected chi connectivity index (χ2v) is 7.19. The zero-order chi connectivity index (χ0) is 13.8. The molecule has 2 rings (SSSR count). The van der Waals surface area contributed by atoms with Gasteiger partial charge < -0.3 is 5.32 Å². The van der Waals surface area contributed by atoms with Crippen LogP contribution < -0.4 is 5.32 Å². The molecule has 102 valence electrons. The minimum absolute atomic E-state index is 0.541. The van der Waals surface area contributed by atoms with Gasteiger partial charge in [-0.1, -0.05) is 35.5 Å². The first kappa shape index (κ1) is 15.1. The number of halogens is 4. The van der Waals surface area contributed by atoms with Crippen LogP contribution >= 0.6 is 50.6 Å². The summed E-state index contributed by atoms with van der Waals surface area (Å²) in [5, 5.41) is 3.15. The van der Waals surface area contributed by atoms with Gasteiger partial charge in [0, 0.05) is 26.5 Å². The third-order valence-corrected chi connectivity index (χ3v) is 5.52. The first-order valence-corrected chi connectivity index (χ1v) is 8.14. The number of nitrogens with one attached hydrogen (secondary N) is 1. The van der Waals surface area contributed by atoms with Crippen LogP contribution in [0.4, 0.5) is 14.5 Å². The first-order chi connectivity index (χ1) is 9.06. The molecule has 0 spiro atoms. The van der Waals surface area contributed by atoms with Gasteiger partial charge >= 0.3 is 0 Å². The number of benzene rings is 1. The third-order valence-electron chi connectivity index (χ3n) is 2.25. The third kappa shape index (κ3) is 4.34. The van der Waals surface area contributed by atoms with Crippen molar-refractivity contribution in [3.63, 3.8) is 0 Å². The fraction of sp³-hybridized carbons (Fsp3) is 0.167. The molecule has 0 aliphatic rings. The van der Waals surface area contributed by atoms with Crippen LogP contribution in [-0.2, 0) is 6.54 Å². The van der Waals surface area contributed by atoms with E-state index in [1.807, 2.05) is 12.1 Å². The maximum Gasteiger partial charge on any atom is 0.288 e. The Balaban J connectivity index is 2.06. The van der Waals surface area contributed by atoms with Gasteiger partial charge in [-0.2, -0.15) is 8.78 Å². The molecule has 0 bridgehead atoms. The van der Waals surface area contributed by atoms with Crippen molar-refractivity contribution in [2.24, 2.45) is 0 Å². The lowest BCUT2D eigenvalue weighted by molar-refractivity contribution is 0.252. The molecule has 1 aromatic carbocycles.